The average Bonchev–Trinajstić information content (AvgIpc) is 3.42. The summed E-state index contributed by atoms with van der Waals surface area (Å²) in [6.45, 7) is 0.632. The number of hydrogen-bond acceptors (Lipinski definition) is 5. The van der Waals surface area contributed by atoms with Crippen LogP contribution in [0.4, 0.5) is 10.1 Å². The molecule has 0 spiro atoms. The van der Waals surface area contributed by atoms with E-state index in [1.54, 1.807) is 12.4 Å². The van der Waals surface area contributed by atoms with Gasteiger partial charge in [-0.25, -0.2) is 9.37 Å². The first kappa shape index (κ1) is 19.4. The van der Waals surface area contributed by atoms with Crippen LogP contribution >= 0.6 is 0 Å². The van der Waals surface area contributed by atoms with Gasteiger partial charge in [0.2, 0.25) is 5.91 Å². The van der Waals surface area contributed by atoms with Crippen LogP contribution in [0.25, 0.3) is 22.2 Å². The fourth-order valence-corrected chi connectivity index (χ4v) is 4.09. The van der Waals surface area contributed by atoms with E-state index in [1.807, 2.05) is 59.5 Å². The number of halogens is 1. The Balaban J connectivity index is 1.30. The number of pyridine rings is 1. The first-order chi connectivity index (χ1) is 15.2. The molecular weight excluding hydrogens is 395 g/mol. The summed E-state index contributed by atoms with van der Waals surface area (Å²) in [5.41, 5.74) is 5.01. The standard InChI is InChI=1S/C24H21FN4O2/c25-19-11-22(29(14-19)13-18-3-1-5-21-23(18)31-15-27-21)24(30)28-20-8-6-16(7-9-20)17-4-2-10-26-12-17/h1-10,12,15,19,22H,11,13-14H2,(H,28,30)/t19-,22+/m0/s1. The normalized spacial score (nSPS) is 19.0. The van der Waals surface area contributed by atoms with Gasteiger partial charge in [-0.2, -0.15) is 0 Å². The quantitative estimate of drug-likeness (QED) is 0.521. The van der Waals surface area contributed by atoms with E-state index in [0.717, 1.165) is 22.2 Å². The van der Waals surface area contributed by atoms with Crippen LogP contribution in [0.2, 0.25) is 0 Å². The molecule has 156 valence electrons. The zero-order valence-corrected chi connectivity index (χ0v) is 16.7. The van der Waals surface area contributed by atoms with Crippen molar-refractivity contribution in [3.05, 3.63) is 78.9 Å². The van der Waals surface area contributed by atoms with E-state index in [4.69, 9.17) is 4.42 Å². The van der Waals surface area contributed by atoms with Crippen molar-refractivity contribution in [1.29, 1.82) is 0 Å². The van der Waals surface area contributed by atoms with Crippen LogP contribution in [0, 0.1) is 0 Å². The third-order valence-electron chi connectivity index (χ3n) is 5.61. The Labute approximate surface area is 178 Å². The molecule has 4 aromatic rings. The third-order valence-corrected chi connectivity index (χ3v) is 5.61. The molecule has 0 unspecified atom stereocenters. The summed E-state index contributed by atoms with van der Waals surface area (Å²) in [5, 5.41) is 2.93. The van der Waals surface area contributed by atoms with Crippen molar-refractivity contribution in [1.82, 2.24) is 14.9 Å². The number of amides is 1. The third kappa shape index (κ3) is 4.04. The van der Waals surface area contributed by atoms with Gasteiger partial charge in [-0.1, -0.05) is 30.3 Å². The number of anilines is 1. The molecule has 0 bridgehead atoms. The highest BCUT2D eigenvalue weighted by molar-refractivity contribution is 5.95. The van der Waals surface area contributed by atoms with E-state index < -0.39 is 12.2 Å². The Kier molecular flexibility index (Phi) is 5.18. The van der Waals surface area contributed by atoms with Gasteiger partial charge in [-0.15, -0.1) is 0 Å². The number of fused-ring (bicyclic) bond motifs is 1. The van der Waals surface area contributed by atoms with Gasteiger partial charge in [0.1, 0.15) is 11.7 Å². The van der Waals surface area contributed by atoms with Crippen molar-refractivity contribution >= 4 is 22.7 Å². The number of nitrogens with one attached hydrogen (secondary N) is 1. The van der Waals surface area contributed by atoms with E-state index >= 15 is 0 Å². The minimum atomic E-state index is -1.04. The van der Waals surface area contributed by atoms with Gasteiger partial charge >= 0.3 is 0 Å². The lowest BCUT2D eigenvalue weighted by Gasteiger charge is -2.23. The minimum absolute atomic E-state index is 0.173. The Hall–Kier alpha value is -3.58. The fraction of sp³-hybridized carbons (Fsp3) is 0.208. The number of para-hydroxylation sites is 1. The lowest BCUT2D eigenvalue weighted by Crippen LogP contribution is -2.39. The molecule has 1 fully saturated rings. The van der Waals surface area contributed by atoms with Crippen LogP contribution in [0.5, 0.6) is 0 Å². The molecule has 7 heteroatoms. The van der Waals surface area contributed by atoms with Crippen LogP contribution in [0.3, 0.4) is 0 Å². The molecular formula is C24H21FN4O2. The Morgan fingerprint density at radius 1 is 1.13 bits per heavy atom. The highest BCUT2D eigenvalue weighted by Gasteiger charge is 2.37. The van der Waals surface area contributed by atoms with Crippen molar-refractivity contribution < 1.29 is 13.6 Å². The molecule has 6 nitrogen and oxygen atoms in total. The lowest BCUT2D eigenvalue weighted by atomic mass is 10.1. The maximum absolute atomic E-state index is 14.3. The van der Waals surface area contributed by atoms with Crippen LogP contribution in [-0.2, 0) is 11.3 Å². The molecule has 0 aliphatic carbocycles. The minimum Gasteiger partial charge on any atom is -0.443 e. The summed E-state index contributed by atoms with van der Waals surface area (Å²) in [6.07, 6.45) is 4.05. The van der Waals surface area contributed by atoms with E-state index in [2.05, 4.69) is 15.3 Å². The van der Waals surface area contributed by atoms with E-state index in [0.29, 0.717) is 17.8 Å². The topological polar surface area (TPSA) is 71.3 Å². The lowest BCUT2D eigenvalue weighted by molar-refractivity contribution is -0.120. The summed E-state index contributed by atoms with van der Waals surface area (Å²) >= 11 is 0. The smallest absolute Gasteiger partial charge is 0.241 e. The second kappa shape index (κ2) is 8.28. The number of likely N-dealkylation sites (tertiary alicyclic amines) is 1. The molecule has 1 N–H and O–H groups in total. The maximum atomic E-state index is 14.3. The van der Waals surface area contributed by atoms with Crippen molar-refractivity contribution in [2.45, 2.75) is 25.2 Å². The Morgan fingerprint density at radius 2 is 2.00 bits per heavy atom. The van der Waals surface area contributed by atoms with Gasteiger partial charge in [0.15, 0.2) is 12.0 Å². The number of carbonyl (C=O) groups is 1. The van der Waals surface area contributed by atoms with Crippen molar-refractivity contribution in [3.8, 4) is 11.1 Å². The van der Waals surface area contributed by atoms with Crippen molar-refractivity contribution in [3.63, 3.8) is 0 Å². The first-order valence-corrected chi connectivity index (χ1v) is 10.2. The molecule has 31 heavy (non-hydrogen) atoms. The monoisotopic (exact) mass is 416 g/mol. The predicted octanol–water partition coefficient (Wildman–Crippen LogP) is 4.44. The Morgan fingerprint density at radius 3 is 2.81 bits per heavy atom. The average molecular weight is 416 g/mol. The van der Waals surface area contributed by atoms with Gasteiger partial charge < -0.3 is 9.73 Å². The molecule has 3 heterocycles. The van der Waals surface area contributed by atoms with Gasteiger partial charge in [0.05, 0.1) is 6.04 Å². The number of oxazole rings is 1. The summed E-state index contributed by atoms with van der Waals surface area (Å²) in [7, 11) is 0. The zero-order valence-electron chi connectivity index (χ0n) is 16.7. The second-order valence-electron chi connectivity index (χ2n) is 7.70. The Bertz CT molecular complexity index is 1190. The number of nitrogens with zero attached hydrogens (tertiary/aromatic N) is 3. The predicted molar refractivity (Wildman–Crippen MR) is 116 cm³/mol. The van der Waals surface area contributed by atoms with Gasteiger partial charge in [-0.05, 0) is 35.4 Å². The molecule has 2 aromatic carbocycles. The van der Waals surface area contributed by atoms with Crippen molar-refractivity contribution in [2.75, 3.05) is 11.9 Å². The number of alkyl halides is 1. The summed E-state index contributed by atoms with van der Waals surface area (Å²) in [4.78, 5) is 23.1. The van der Waals surface area contributed by atoms with Crippen LogP contribution in [0.1, 0.15) is 12.0 Å². The van der Waals surface area contributed by atoms with Crippen LogP contribution < -0.4 is 5.32 Å². The summed E-state index contributed by atoms with van der Waals surface area (Å²) < 4.78 is 19.7. The molecule has 5 rings (SSSR count). The highest BCUT2D eigenvalue weighted by atomic mass is 19.1. The molecule has 1 saturated heterocycles. The van der Waals surface area contributed by atoms with Gasteiger partial charge in [-0.3, -0.25) is 14.7 Å². The highest BCUT2D eigenvalue weighted by Crippen LogP contribution is 2.27. The van der Waals surface area contributed by atoms with Gasteiger partial charge in [0.25, 0.3) is 0 Å². The number of rotatable bonds is 5. The van der Waals surface area contributed by atoms with E-state index in [-0.39, 0.29) is 18.9 Å². The van der Waals surface area contributed by atoms with Crippen LogP contribution in [-0.4, -0.2) is 39.5 Å². The fourth-order valence-electron chi connectivity index (χ4n) is 4.09. The first-order valence-electron chi connectivity index (χ1n) is 10.2. The SMILES string of the molecule is O=C(Nc1ccc(-c2cccnc2)cc1)[C@H]1C[C@H](F)CN1Cc1cccc2ncoc12. The number of hydrogen-bond donors (Lipinski definition) is 1. The number of carbonyl (C=O) groups excluding carboxylic acids is 1. The van der Waals surface area contributed by atoms with E-state index in [9.17, 15) is 9.18 Å². The van der Waals surface area contributed by atoms with Crippen LogP contribution in [0.15, 0.2) is 77.8 Å². The van der Waals surface area contributed by atoms with Crippen molar-refractivity contribution in [2.24, 2.45) is 0 Å². The zero-order chi connectivity index (χ0) is 21.2. The van der Waals surface area contributed by atoms with Gasteiger partial charge in [0, 0.05) is 43.2 Å². The summed E-state index contributed by atoms with van der Waals surface area (Å²) in [5.74, 6) is -0.209. The molecule has 2 atom stereocenters. The second-order valence-corrected chi connectivity index (χ2v) is 7.70. The van der Waals surface area contributed by atoms with E-state index in [1.165, 1.54) is 6.39 Å². The number of aromatic nitrogens is 2. The molecule has 1 aliphatic heterocycles. The molecule has 0 saturated carbocycles. The molecule has 0 radical (unpaired) electrons. The molecule has 1 amide bonds. The summed E-state index contributed by atoms with van der Waals surface area (Å²) in [6, 6.07) is 16.6. The molecule has 1 aliphatic rings. The molecule has 2 aromatic heterocycles. The largest absolute Gasteiger partial charge is 0.443 e. The maximum Gasteiger partial charge on any atom is 0.241 e. The number of benzene rings is 2.